The molecule has 2 N–H and O–H groups in total. The van der Waals surface area contributed by atoms with Gasteiger partial charge in [0.05, 0.1) is 27.5 Å². The number of anilines is 3. The fourth-order valence-corrected chi connectivity index (χ4v) is 6.78. The molecule has 0 saturated heterocycles. The van der Waals surface area contributed by atoms with Gasteiger partial charge in [-0.25, -0.2) is 31.5 Å². The highest BCUT2D eigenvalue weighted by molar-refractivity contribution is 7.93. The summed E-state index contributed by atoms with van der Waals surface area (Å²) in [5.74, 6) is -0.853. The molecule has 1 heterocycles. The molecule has 0 atom stereocenters. The highest BCUT2D eigenvalue weighted by Crippen LogP contribution is 2.36. The van der Waals surface area contributed by atoms with E-state index in [1.165, 1.54) is 68.6 Å². The van der Waals surface area contributed by atoms with Gasteiger partial charge in [0.15, 0.2) is 0 Å². The summed E-state index contributed by atoms with van der Waals surface area (Å²) in [6.07, 6.45) is 0. The largest absolute Gasteiger partial charge is 0.495 e. The van der Waals surface area contributed by atoms with Crippen LogP contribution in [0.4, 0.5) is 23.0 Å². The van der Waals surface area contributed by atoms with Crippen molar-refractivity contribution >= 4 is 60.6 Å². The zero-order chi connectivity index (χ0) is 33.1. The van der Waals surface area contributed by atoms with Gasteiger partial charge in [-0.3, -0.25) is 19.2 Å². The van der Waals surface area contributed by atoms with E-state index in [-0.39, 0.29) is 38.6 Å². The van der Waals surface area contributed by atoms with Crippen LogP contribution in [0.15, 0.2) is 76.5 Å². The number of carbonyl (C=O) groups excluding carboxylic acids is 1. The Bertz CT molecular complexity index is 1990. The zero-order valence-corrected chi connectivity index (χ0v) is 26.7. The van der Waals surface area contributed by atoms with Crippen molar-refractivity contribution in [2.75, 3.05) is 28.0 Å². The number of carbonyl (C=O) groups is 1. The third-order valence-corrected chi connectivity index (χ3v) is 9.65. The van der Waals surface area contributed by atoms with Crippen molar-refractivity contribution in [1.82, 2.24) is 9.97 Å². The molecule has 0 aliphatic rings. The SMILES string of the molecule is COc1ccc(Cl)cc1N(CC(=O)Nc1ccc(S(=O)(=O)Nc2nc(C)cc(C)n2)cc1)S(=O)(=O)c1ccc(C)c([N+](=O)[O-])c1. The first-order valence-corrected chi connectivity index (χ1v) is 16.3. The lowest BCUT2D eigenvalue weighted by Crippen LogP contribution is -2.38. The summed E-state index contributed by atoms with van der Waals surface area (Å²) in [5, 5.41) is 14.2. The molecule has 0 fully saturated rings. The van der Waals surface area contributed by atoms with Gasteiger partial charge in [0.2, 0.25) is 11.9 Å². The Morgan fingerprint density at radius 1 is 0.933 bits per heavy atom. The average molecular weight is 675 g/mol. The second-order valence-electron chi connectivity index (χ2n) is 9.69. The fourth-order valence-electron chi connectivity index (χ4n) is 4.23. The number of nitrogens with zero attached hydrogens (tertiary/aromatic N) is 4. The molecule has 1 amide bonds. The summed E-state index contributed by atoms with van der Waals surface area (Å²) in [6.45, 7) is 4.06. The van der Waals surface area contributed by atoms with E-state index in [2.05, 4.69) is 20.0 Å². The molecule has 14 nitrogen and oxygen atoms in total. The number of hydrogen-bond acceptors (Lipinski definition) is 10. The lowest BCUT2D eigenvalue weighted by molar-refractivity contribution is -0.385. The fraction of sp³-hybridized carbons (Fsp3) is 0.179. The molecule has 0 aliphatic carbocycles. The topological polar surface area (TPSA) is 191 Å². The van der Waals surface area contributed by atoms with Crippen molar-refractivity contribution in [3.8, 4) is 5.75 Å². The maximum absolute atomic E-state index is 13.9. The standard InChI is InChI=1S/C28H27ClN6O8S2/c1-17-5-9-23(15-24(17)35(37)38)45(41,42)34(25-14-20(29)6-12-26(25)43-4)16-27(36)32-21-7-10-22(11-8-21)44(39,40)33-28-30-18(2)13-19(3)31-28/h5-15H,16H2,1-4H3,(H,32,36)(H,30,31,33). The van der Waals surface area contributed by atoms with Gasteiger partial charge in [-0.1, -0.05) is 17.7 Å². The second-order valence-corrected chi connectivity index (χ2v) is 13.7. The molecular formula is C28H27ClN6O8S2. The van der Waals surface area contributed by atoms with E-state index < -0.39 is 48.0 Å². The number of rotatable bonds is 11. The molecule has 4 aromatic rings. The number of methoxy groups -OCH3 is 1. The van der Waals surface area contributed by atoms with Gasteiger partial charge >= 0.3 is 0 Å². The lowest BCUT2D eigenvalue weighted by atomic mass is 10.2. The van der Waals surface area contributed by atoms with E-state index in [4.69, 9.17) is 16.3 Å². The summed E-state index contributed by atoms with van der Waals surface area (Å²) in [5.41, 5.74) is 1.03. The Labute approximate surface area is 264 Å². The Kier molecular flexibility index (Phi) is 9.60. The molecule has 0 saturated carbocycles. The Morgan fingerprint density at radius 2 is 1.56 bits per heavy atom. The van der Waals surface area contributed by atoms with Crippen LogP contribution >= 0.6 is 11.6 Å². The van der Waals surface area contributed by atoms with Crippen molar-refractivity contribution < 1.29 is 31.3 Å². The van der Waals surface area contributed by atoms with E-state index in [0.29, 0.717) is 15.7 Å². The van der Waals surface area contributed by atoms with Crippen molar-refractivity contribution in [2.45, 2.75) is 30.6 Å². The third kappa shape index (κ3) is 7.65. The maximum atomic E-state index is 13.9. The number of hydrogen-bond donors (Lipinski definition) is 2. The van der Waals surface area contributed by atoms with Gasteiger partial charge in [0.25, 0.3) is 25.7 Å². The van der Waals surface area contributed by atoms with Crippen LogP contribution in [0, 0.1) is 30.9 Å². The van der Waals surface area contributed by atoms with Crippen LogP contribution in [0.3, 0.4) is 0 Å². The first-order valence-electron chi connectivity index (χ1n) is 13.0. The molecule has 4 rings (SSSR count). The zero-order valence-electron chi connectivity index (χ0n) is 24.3. The van der Waals surface area contributed by atoms with Gasteiger partial charge in [0.1, 0.15) is 12.3 Å². The molecule has 17 heteroatoms. The number of nitro benzene ring substituents is 1. The van der Waals surface area contributed by atoms with Gasteiger partial charge in [-0.05, 0) is 75.4 Å². The average Bonchev–Trinajstić information content (AvgIpc) is 2.95. The number of halogens is 1. The van der Waals surface area contributed by atoms with Crippen LogP contribution in [0.1, 0.15) is 17.0 Å². The van der Waals surface area contributed by atoms with Crippen LogP contribution in [0.2, 0.25) is 5.02 Å². The lowest BCUT2D eigenvalue weighted by Gasteiger charge is -2.26. The number of sulfonamides is 2. The quantitative estimate of drug-likeness (QED) is 0.168. The van der Waals surface area contributed by atoms with Gasteiger partial charge in [-0.2, -0.15) is 0 Å². The summed E-state index contributed by atoms with van der Waals surface area (Å²) >= 11 is 6.16. The molecule has 1 aromatic heterocycles. The van der Waals surface area contributed by atoms with Crippen LogP contribution in [-0.4, -0.2) is 51.3 Å². The highest BCUT2D eigenvalue weighted by Gasteiger charge is 2.31. The summed E-state index contributed by atoms with van der Waals surface area (Å²) in [7, 11) is -7.37. The molecule has 45 heavy (non-hydrogen) atoms. The minimum Gasteiger partial charge on any atom is -0.495 e. The molecule has 0 unspecified atom stereocenters. The van der Waals surface area contributed by atoms with Crippen molar-refractivity contribution in [1.29, 1.82) is 0 Å². The summed E-state index contributed by atoms with van der Waals surface area (Å²) < 4.78 is 61.8. The Hall–Kier alpha value is -4.80. The number of aromatic nitrogens is 2. The van der Waals surface area contributed by atoms with Crippen LogP contribution in [0.25, 0.3) is 0 Å². The number of nitro groups is 1. The maximum Gasteiger partial charge on any atom is 0.273 e. The normalized spacial score (nSPS) is 11.5. The molecule has 3 aromatic carbocycles. The molecule has 236 valence electrons. The Morgan fingerprint density at radius 3 is 2.16 bits per heavy atom. The summed E-state index contributed by atoms with van der Waals surface area (Å²) in [4.78, 5) is 31.6. The third-order valence-electron chi connectivity index (χ3n) is 6.32. The van der Waals surface area contributed by atoms with E-state index >= 15 is 0 Å². The number of aryl methyl sites for hydroxylation is 3. The first kappa shape index (κ1) is 33.1. The van der Waals surface area contributed by atoms with Gasteiger partial charge in [0, 0.05) is 33.7 Å². The number of ether oxygens (including phenoxy) is 1. The highest BCUT2D eigenvalue weighted by atomic mass is 35.5. The van der Waals surface area contributed by atoms with E-state index in [9.17, 15) is 31.7 Å². The van der Waals surface area contributed by atoms with Gasteiger partial charge < -0.3 is 10.1 Å². The predicted octanol–water partition coefficient (Wildman–Crippen LogP) is 4.61. The molecule has 0 aliphatic heterocycles. The molecule has 0 bridgehead atoms. The number of nitrogens with one attached hydrogen (secondary N) is 2. The van der Waals surface area contributed by atoms with Crippen LogP contribution in [-0.2, 0) is 24.8 Å². The van der Waals surface area contributed by atoms with E-state index in [0.717, 1.165) is 6.07 Å². The minimum atomic E-state index is -4.60. The van der Waals surface area contributed by atoms with Crippen LogP contribution in [0.5, 0.6) is 5.75 Å². The van der Waals surface area contributed by atoms with Crippen molar-refractivity contribution in [3.63, 3.8) is 0 Å². The van der Waals surface area contributed by atoms with E-state index in [1.807, 2.05) is 0 Å². The number of benzene rings is 3. The molecule has 0 radical (unpaired) electrons. The summed E-state index contributed by atoms with van der Waals surface area (Å²) in [6, 6.07) is 14.3. The predicted molar refractivity (Wildman–Crippen MR) is 168 cm³/mol. The van der Waals surface area contributed by atoms with Crippen molar-refractivity contribution in [3.05, 3.63) is 98.8 Å². The van der Waals surface area contributed by atoms with Crippen LogP contribution < -0.4 is 19.1 Å². The first-order chi connectivity index (χ1) is 21.1. The molecular weight excluding hydrogens is 648 g/mol. The number of amides is 1. The van der Waals surface area contributed by atoms with E-state index in [1.54, 1.807) is 19.9 Å². The monoisotopic (exact) mass is 674 g/mol. The smallest absolute Gasteiger partial charge is 0.273 e. The second kappa shape index (κ2) is 13.1. The Balaban J connectivity index is 1.62. The van der Waals surface area contributed by atoms with Gasteiger partial charge in [-0.15, -0.1) is 0 Å². The van der Waals surface area contributed by atoms with Crippen molar-refractivity contribution in [2.24, 2.45) is 0 Å². The molecule has 0 spiro atoms. The minimum absolute atomic E-state index is 0.0622.